The molecule has 2 saturated heterocycles. The first-order chi connectivity index (χ1) is 16.8. The van der Waals surface area contributed by atoms with E-state index in [0.717, 1.165) is 35.0 Å². The van der Waals surface area contributed by atoms with Crippen molar-refractivity contribution in [3.05, 3.63) is 56.9 Å². The Kier molecular flexibility index (Phi) is 8.48. The van der Waals surface area contributed by atoms with Crippen LogP contribution in [0, 0.1) is 6.92 Å². The number of thiocarbonyl (C=S) groups is 1. The van der Waals surface area contributed by atoms with Crippen molar-refractivity contribution < 1.29 is 23.8 Å². The summed E-state index contributed by atoms with van der Waals surface area (Å²) in [5.41, 5.74) is 2.48. The van der Waals surface area contributed by atoms with Crippen LogP contribution in [-0.2, 0) is 14.3 Å². The molecule has 2 aromatic carbocycles. The molecule has 0 radical (unpaired) electrons. The number of aryl methyl sites for hydroxylation is 1. The van der Waals surface area contributed by atoms with Gasteiger partial charge in [0, 0.05) is 16.8 Å². The monoisotopic (exact) mass is 576 g/mol. The highest BCUT2D eigenvalue weighted by Crippen LogP contribution is 2.35. The fraction of sp³-hybridized carbons (Fsp3) is 0.320. The normalized spacial score (nSPS) is 18.9. The SMILES string of the molecule is COc1cc(/C=C2\SC(=S)N(C[C@@H]3CCCO3)C2=O)ccc1OCC(=O)Nc1ccc(Br)c(C)c1. The molecule has 2 aliphatic heterocycles. The van der Waals surface area contributed by atoms with Crippen LogP contribution in [0.1, 0.15) is 24.0 Å². The summed E-state index contributed by atoms with van der Waals surface area (Å²) in [5.74, 6) is 0.487. The van der Waals surface area contributed by atoms with Gasteiger partial charge in [0.2, 0.25) is 0 Å². The number of benzene rings is 2. The molecule has 184 valence electrons. The molecule has 35 heavy (non-hydrogen) atoms. The second-order valence-corrected chi connectivity index (χ2v) is 10.7. The Labute approximate surface area is 222 Å². The standard InChI is InChI=1S/C25H25BrN2O5S2/c1-15-10-17(6-7-19(15)26)27-23(29)14-33-20-8-5-16(11-21(20)31-2)12-22-24(30)28(25(34)35-22)13-18-4-3-9-32-18/h5-8,10-12,18H,3-4,9,13-14H2,1-2H3,(H,27,29)/b22-12-/t18-/m0/s1. The molecule has 10 heteroatoms. The van der Waals surface area contributed by atoms with Crippen molar-refractivity contribution in [2.75, 3.05) is 32.2 Å². The Balaban J connectivity index is 1.39. The summed E-state index contributed by atoms with van der Waals surface area (Å²) in [6.45, 7) is 2.99. The quantitative estimate of drug-likeness (QED) is 0.343. The zero-order chi connectivity index (χ0) is 24.9. The summed E-state index contributed by atoms with van der Waals surface area (Å²) in [6, 6.07) is 10.9. The molecule has 0 unspecified atom stereocenters. The van der Waals surface area contributed by atoms with E-state index in [0.29, 0.717) is 33.0 Å². The summed E-state index contributed by atoms with van der Waals surface area (Å²) in [4.78, 5) is 27.4. The fourth-order valence-electron chi connectivity index (χ4n) is 3.76. The lowest BCUT2D eigenvalue weighted by Gasteiger charge is -2.18. The number of ether oxygens (including phenoxy) is 3. The van der Waals surface area contributed by atoms with Crippen LogP contribution in [0.4, 0.5) is 5.69 Å². The van der Waals surface area contributed by atoms with Gasteiger partial charge in [-0.2, -0.15) is 0 Å². The van der Waals surface area contributed by atoms with Crippen molar-refractivity contribution >= 4 is 67.8 Å². The van der Waals surface area contributed by atoms with Crippen molar-refractivity contribution in [2.24, 2.45) is 0 Å². The van der Waals surface area contributed by atoms with E-state index in [1.807, 2.05) is 25.1 Å². The zero-order valence-electron chi connectivity index (χ0n) is 19.3. The van der Waals surface area contributed by atoms with E-state index in [2.05, 4.69) is 21.2 Å². The Morgan fingerprint density at radius 3 is 2.86 bits per heavy atom. The third-order valence-corrected chi connectivity index (χ3v) is 7.84. The van der Waals surface area contributed by atoms with Crippen molar-refractivity contribution in [3.8, 4) is 11.5 Å². The van der Waals surface area contributed by atoms with E-state index >= 15 is 0 Å². The summed E-state index contributed by atoms with van der Waals surface area (Å²) >= 11 is 10.1. The maximum Gasteiger partial charge on any atom is 0.266 e. The van der Waals surface area contributed by atoms with E-state index in [-0.39, 0.29) is 24.5 Å². The maximum absolute atomic E-state index is 12.9. The van der Waals surface area contributed by atoms with Crippen LogP contribution >= 0.6 is 39.9 Å². The first-order valence-electron chi connectivity index (χ1n) is 11.1. The molecular formula is C25H25BrN2O5S2. The molecule has 2 amide bonds. The van der Waals surface area contributed by atoms with Crippen LogP contribution in [0.15, 0.2) is 45.8 Å². The predicted octanol–water partition coefficient (Wildman–Crippen LogP) is 5.16. The molecule has 2 aromatic rings. The first kappa shape index (κ1) is 25.7. The van der Waals surface area contributed by atoms with Crippen molar-refractivity contribution in [1.82, 2.24) is 4.90 Å². The minimum Gasteiger partial charge on any atom is -0.493 e. The van der Waals surface area contributed by atoms with Gasteiger partial charge in [0.1, 0.15) is 4.32 Å². The lowest BCUT2D eigenvalue weighted by Crippen LogP contribution is -2.35. The summed E-state index contributed by atoms with van der Waals surface area (Å²) in [7, 11) is 1.53. The molecular weight excluding hydrogens is 552 g/mol. The molecule has 0 aliphatic carbocycles. The third-order valence-electron chi connectivity index (χ3n) is 5.57. The third kappa shape index (κ3) is 6.43. The molecule has 2 heterocycles. The van der Waals surface area contributed by atoms with Gasteiger partial charge >= 0.3 is 0 Å². The number of hydrogen-bond acceptors (Lipinski definition) is 7. The Bertz CT molecular complexity index is 1180. The Morgan fingerprint density at radius 1 is 1.31 bits per heavy atom. The number of anilines is 1. The highest BCUT2D eigenvalue weighted by atomic mass is 79.9. The number of thioether (sulfide) groups is 1. The minimum atomic E-state index is -0.284. The first-order valence-corrected chi connectivity index (χ1v) is 13.1. The number of methoxy groups -OCH3 is 1. The van der Waals surface area contributed by atoms with Gasteiger partial charge in [0.05, 0.1) is 24.7 Å². The number of carbonyl (C=O) groups is 2. The van der Waals surface area contributed by atoms with Gasteiger partial charge in [-0.15, -0.1) is 0 Å². The van der Waals surface area contributed by atoms with Crippen LogP contribution in [0.3, 0.4) is 0 Å². The lowest BCUT2D eigenvalue weighted by atomic mass is 10.1. The van der Waals surface area contributed by atoms with Crippen LogP contribution in [0.2, 0.25) is 0 Å². The summed E-state index contributed by atoms with van der Waals surface area (Å²) in [6.07, 6.45) is 3.77. The van der Waals surface area contributed by atoms with E-state index in [1.54, 1.807) is 29.2 Å². The summed E-state index contributed by atoms with van der Waals surface area (Å²) < 4.78 is 18.3. The van der Waals surface area contributed by atoms with Crippen LogP contribution < -0.4 is 14.8 Å². The van der Waals surface area contributed by atoms with Gasteiger partial charge in [-0.05, 0) is 67.3 Å². The van der Waals surface area contributed by atoms with Gasteiger partial charge in [-0.3, -0.25) is 14.5 Å². The lowest BCUT2D eigenvalue weighted by molar-refractivity contribution is -0.123. The fourth-order valence-corrected chi connectivity index (χ4v) is 5.28. The van der Waals surface area contributed by atoms with Crippen LogP contribution in [-0.4, -0.2) is 54.0 Å². The Hall–Kier alpha value is -2.40. The number of halogens is 1. The predicted molar refractivity (Wildman–Crippen MR) is 145 cm³/mol. The van der Waals surface area contributed by atoms with Gasteiger partial charge in [0.15, 0.2) is 18.1 Å². The number of nitrogens with zero attached hydrogens (tertiary/aromatic N) is 1. The molecule has 0 spiro atoms. The second-order valence-electron chi connectivity index (χ2n) is 8.14. The van der Waals surface area contributed by atoms with Crippen molar-refractivity contribution in [1.29, 1.82) is 0 Å². The average molecular weight is 578 g/mol. The molecule has 0 aromatic heterocycles. The molecule has 2 aliphatic rings. The molecule has 2 fully saturated rings. The maximum atomic E-state index is 12.9. The number of hydrogen-bond donors (Lipinski definition) is 1. The molecule has 7 nitrogen and oxygen atoms in total. The highest BCUT2D eigenvalue weighted by Gasteiger charge is 2.34. The van der Waals surface area contributed by atoms with E-state index in [1.165, 1.54) is 18.9 Å². The van der Waals surface area contributed by atoms with Gasteiger partial charge in [-0.1, -0.05) is 46.0 Å². The number of amides is 2. The molecule has 1 atom stereocenters. The van der Waals surface area contributed by atoms with Crippen LogP contribution in [0.25, 0.3) is 6.08 Å². The topological polar surface area (TPSA) is 77.1 Å². The number of nitrogens with one attached hydrogen (secondary N) is 1. The summed E-state index contributed by atoms with van der Waals surface area (Å²) in [5, 5.41) is 2.82. The Morgan fingerprint density at radius 2 is 2.14 bits per heavy atom. The van der Waals surface area contributed by atoms with Gasteiger partial charge < -0.3 is 19.5 Å². The van der Waals surface area contributed by atoms with E-state index < -0.39 is 0 Å². The van der Waals surface area contributed by atoms with E-state index in [4.69, 9.17) is 26.4 Å². The van der Waals surface area contributed by atoms with Crippen molar-refractivity contribution in [2.45, 2.75) is 25.9 Å². The van der Waals surface area contributed by atoms with Crippen molar-refractivity contribution in [3.63, 3.8) is 0 Å². The van der Waals surface area contributed by atoms with Crippen LogP contribution in [0.5, 0.6) is 11.5 Å². The highest BCUT2D eigenvalue weighted by molar-refractivity contribution is 9.10. The molecule has 1 N–H and O–H groups in total. The molecule has 0 saturated carbocycles. The van der Waals surface area contributed by atoms with Gasteiger partial charge in [-0.25, -0.2) is 0 Å². The average Bonchev–Trinajstić information content (AvgIpc) is 3.44. The number of rotatable bonds is 8. The molecule has 4 rings (SSSR count). The second kappa shape index (κ2) is 11.6. The van der Waals surface area contributed by atoms with Gasteiger partial charge in [0.25, 0.3) is 11.8 Å². The molecule has 0 bridgehead atoms. The largest absolute Gasteiger partial charge is 0.493 e. The van der Waals surface area contributed by atoms with E-state index in [9.17, 15) is 9.59 Å². The minimum absolute atomic E-state index is 0.0402. The number of carbonyl (C=O) groups excluding carboxylic acids is 2. The zero-order valence-corrected chi connectivity index (χ0v) is 22.6. The smallest absolute Gasteiger partial charge is 0.266 e.